The predicted molar refractivity (Wildman–Crippen MR) is 70.6 cm³/mol. The van der Waals surface area contributed by atoms with E-state index in [9.17, 15) is 18.0 Å². The van der Waals surface area contributed by atoms with E-state index in [1.807, 2.05) is 0 Å². The van der Waals surface area contributed by atoms with Crippen molar-refractivity contribution in [1.29, 1.82) is 0 Å². The summed E-state index contributed by atoms with van der Waals surface area (Å²) in [5.41, 5.74) is 1.22. The van der Waals surface area contributed by atoms with E-state index in [-0.39, 0.29) is 4.88 Å². The molecule has 0 saturated heterocycles. The fourth-order valence-corrected chi connectivity index (χ4v) is 2.88. The van der Waals surface area contributed by atoms with Crippen molar-refractivity contribution in [3.63, 3.8) is 0 Å². The van der Waals surface area contributed by atoms with Gasteiger partial charge in [-0.15, -0.1) is 11.3 Å². The number of carbonyl (C=O) groups is 1. The van der Waals surface area contributed by atoms with Crippen molar-refractivity contribution in [2.24, 2.45) is 0 Å². The molecule has 0 fully saturated rings. The molecule has 1 aliphatic rings. The molecule has 1 aromatic heterocycles. The minimum Gasteiger partial charge on any atom is -0.351 e. The van der Waals surface area contributed by atoms with Gasteiger partial charge in [0.1, 0.15) is 4.88 Å². The van der Waals surface area contributed by atoms with Crippen LogP contribution in [0.4, 0.5) is 13.2 Å². The number of rotatable bonds is 4. The number of hydrogen-bond acceptors (Lipinski definition) is 3. The fourth-order valence-electron chi connectivity index (χ4n) is 2.16. The number of nitrogens with zero attached hydrogens (tertiary/aromatic N) is 1. The van der Waals surface area contributed by atoms with Crippen molar-refractivity contribution >= 4 is 17.2 Å². The maximum Gasteiger partial charge on any atom is 0.434 e. The maximum absolute atomic E-state index is 12.6. The summed E-state index contributed by atoms with van der Waals surface area (Å²) in [6.07, 6.45) is 2.67. The molecule has 3 nitrogen and oxygen atoms in total. The monoisotopic (exact) mass is 304 g/mol. The van der Waals surface area contributed by atoms with Crippen LogP contribution in [0.1, 0.15) is 47.5 Å². The van der Waals surface area contributed by atoms with Gasteiger partial charge in [0.05, 0.1) is 5.51 Å². The lowest BCUT2D eigenvalue weighted by Gasteiger charge is -2.13. The van der Waals surface area contributed by atoms with Crippen LogP contribution in [0.25, 0.3) is 0 Å². The molecule has 20 heavy (non-hydrogen) atoms. The number of aromatic nitrogens is 1. The van der Waals surface area contributed by atoms with Crippen LogP contribution in [0, 0.1) is 0 Å². The Morgan fingerprint density at radius 1 is 1.40 bits per heavy atom. The summed E-state index contributed by atoms with van der Waals surface area (Å²) in [5.74, 6) is -0.698. The van der Waals surface area contributed by atoms with Crippen molar-refractivity contribution in [2.75, 3.05) is 6.54 Å². The van der Waals surface area contributed by atoms with Crippen LogP contribution in [0.15, 0.2) is 17.2 Å². The lowest BCUT2D eigenvalue weighted by Crippen LogP contribution is -2.26. The lowest BCUT2D eigenvalue weighted by molar-refractivity contribution is -0.141. The number of hydrogen-bond donors (Lipinski definition) is 1. The number of alkyl halides is 3. The molecule has 1 aromatic rings. The number of nitrogens with one attached hydrogen (secondary N) is 1. The molecule has 0 atom stereocenters. The Morgan fingerprint density at radius 2 is 2.20 bits per heavy atom. The van der Waals surface area contributed by atoms with E-state index in [2.05, 4.69) is 16.4 Å². The minimum atomic E-state index is -4.58. The highest BCUT2D eigenvalue weighted by atomic mass is 32.1. The highest BCUT2D eigenvalue weighted by Gasteiger charge is 2.38. The van der Waals surface area contributed by atoms with E-state index in [0.29, 0.717) is 24.3 Å². The van der Waals surface area contributed by atoms with Crippen LogP contribution in [0.3, 0.4) is 0 Å². The third kappa shape index (κ3) is 3.82. The molecule has 1 heterocycles. The molecular formula is C13H15F3N2OS. The summed E-state index contributed by atoms with van der Waals surface area (Å²) in [4.78, 5) is 14.6. The third-order valence-electron chi connectivity index (χ3n) is 3.16. The van der Waals surface area contributed by atoms with Gasteiger partial charge in [-0.25, -0.2) is 4.98 Å². The van der Waals surface area contributed by atoms with Crippen molar-refractivity contribution < 1.29 is 18.0 Å². The van der Waals surface area contributed by atoms with Gasteiger partial charge in [0, 0.05) is 6.54 Å². The zero-order valence-corrected chi connectivity index (χ0v) is 11.6. The second-order valence-corrected chi connectivity index (χ2v) is 5.50. The Labute approximate surface area is 118 Å². The molecule has 0 radical (unpaired) electrons. The molecule has 1 amide bonds. The summed E-state index contributed by atoms with van der Waals surface area (Å²) >= 11 is 0.713. The topological polar surface area (TPSA) is 42.0 Å². The minimum absolute atomic E-state index is 0.361. The van der Waals surface area contributed by atoms with E-state index in [1.54, 1.807) is 0 Å². The zero-order valence-electron chi connectivity index (χ0n) is 10.8. The number of carbonyl (C=O) groups excluding carboxylic acids is 1. The molecule has 0 spiro atoms. The average Bonchev–Trinajstić information content (AvgIpc) is 2.89. The van der Waals surface area contributed by atoms with E-state index in [4.69, 9.17) is 0 Å². The van der Waals surface area contributed by atoms with Gasteiger partial charge in [-0.05, 0) is 32.1 Å². The Morgan fingerprint density at radius 3 is 2.85 bits per heavy atom. The first-order chi connectivity index (χ1) is 9.48. The van der Waals surface area contributed by atoms with Gasteiger partial charge in [-0.3, -0.25) is 4.79 Å². The molecular weight excluding hydrogens is 289 g/mol. The van der Waals surface area contributed by atoms with Crippen LogP contribution in [-0.2, 0) is 6.18 Å². The second kappa shape index (κ2) is 6.39. The van der Waals surface area contributed by atoms with Crippen LogP contribution >= 0.6 is 11.3 Å². The molecule has 0 aliphatic heterocycles. The summed E-state index contributed by atoms with van der Waals surface area (Å²) in [7, 11) is 0. The normalized spacial score (nSPS) is 15.8. The summed E-state index contributed by atoms with van der Waals surface area (Å²) in [5, 5.41) is 2.54. The van der Waals surface area contributed by atoms with Gasteiger partial charge >= 0.3 is 6.18 Å². The maximum atomic E-state index is 12.6. The van der Waals surface area contributed by atoms with E-state index >= 15 is 0 Å². The van der Waals surface area contributed by atoms with Crippen LogP contribution in [0.5, 0.6) is 0 Å². The highest BCUT2D eigenvalue weighted by molar-refractivity contribution is 7.11. The SMILES string of the molecule is O=C(NCCC1=CCCCC1)c1scnc1C(F)(F)F. The molecule has 7 heteroatoms. The standard InChI is InChI=1S/C13H15F3N2OS/c14-13(15,16)11-10(20-8-18-11)12(19)17-7-6-9-4-2-1-3-5-9/h4,8H,1-3,5-7H2,(H,17,19). The molecule has 0 saturated carbocycles. The van der Waals surface area contributed by atoms with Gasteiger partial charge < -0.3 is 5.32 Å². The van der Waals surface area contributed by atoms with Crippen molar-refractivity contribution in [3.05, 3.63) is 27.7 Å². The molecule has 1 aliphatic carbocycles. The van der Waals surface area contributed by atoms with Gasteiger partial charge in [-0.2, -0.15) is 13.2 Å². The summed E-state index contributed by atoms with van der Waals surface area (Å²) in [6, 6.07) is 0. The summed E-state index contributed by atoms with van der Waals surface area (Å²) in [6.45, 7) is 0.361. The van der Waals surface area contributed by atoms with Gasteiger partial charge in [-0.1, -0.05) is 11.6 Å². The van der Waals surface area contributed by atoms with Crippen LogP contribution in [-0.4, -0.2) is 17.4 Å². The number of thiazole rings is 1. The fraction of sp³-hybridized carbons (Fsp3) is 0.538. The first-order valence-corrected chi connectivity index (χ1v) is 7.33. The second-order valence-electron chi connectivity index (χ2n) is 4.64. The smallest absolute Gasteiger partial charge is 0.351 e. The Balaban J connectivity index is 1.89. The van der Waals surface area contributed by atoms with Crippen LogP contribution in [0.2, 0.25) is 0 Å². The van der Waals surface area contributed by atoms with E-state index in [1.165, 1.54) is 12.0 Å². The first-order valence-electron chi connectivity index (χ1n) is 6.45. The molecule has 2 rings (SSSR count). The average molecular weight is 304 g/mol. The Hall–Kier alpha value is -1.37. The summed E-state index contributed by atoms with van der Waals surface area (Å²) < 4.78 is 37.8. The molecule has 0 unspecified atom stereocenters. The molecule has 110 valence electrons. The van der Waals surface area contributed by atoms with E-state index < -0.39 is 17.8 Å². The Bertz CT molecular complexity index is 508. The van der Waals surface area contributed by atoms with Crippen molar-refractivity contribution in [3.8, 4) is 0 Å². The quantitative estimate of drug-likeness (QED) is 0.860. The van der Waals surface area contributed by atoms with Gasteiger partial charge in [0.15, 0.2) is 5.69 Å². The van der Waals surface area contributed by atoms with Gasteiger partial charge in [0.2, 0.25) is 0 Å². The zero-order chi connectivity index (χ0) is 14.6. The van der Waals surface area contributed by atoms with Crippen molar-refractivity contribution in [2.45, 2.75) is 38.3 Å². The predicted octanol–water partition coefficient (Wildman–Crippen LogP) is 3.78. The molecule has 0 aromatic carbocycles. The van der Waals surface area contributed by atoms with Gasteiger partial charge in [0.25, 0.3) is 5.91 Å². The number of amides is 1. The number of halogens is 3. The lowest BCUT2D eigenvalue weighted by atomic mass is 9.97. The Kier molecular flexibility index (Phi) is 4.80. The van der Waals surface area contributed by atoms with E-state index in [0.717, 1.165) is 24.8 Å². The highest BCUT2D eigenvalue weighted by Crippen LogP contribution is 2.32. The molecule has 0 bridgehead atoms. The first kappa shape index (κ1) is 15.0. The number of allylic oxidation sites excluding steroid dienone is 1. The largest absolute Gasteiger partial charge is 0.434 e. The third-order valence-corrected chi connectivity index (χ3v) is 3.98. The van der Waals surface area contributed by atoms with Crippen LogP contribution < -0.4 is 5.32 Å². The molecule has 1 N–H and O–H groups in total. The van der Waals surface area contributed by atoms with Crippen molar-refractivity contribution in [1.82, 2.24) is 10.3 Å².